The van der Waals surface area contributed by atoms with Gasteiger partial charge in [0.1, 0.15) is 0 Å². The van der Waals surface area contributed by atoms with E-state index in [1.807, 2.05) is 38.4 Å². The summed E-state index contributed by atoms with van der Waals surface area (Å²) in [6, 6.07) is 10.7. The van der Waals surface area contributed by atoms with Gasteiger partial charge in [-0.3, -0.25) is 18.8 Å². The smallest absolute Gasteiger partial charge is 0.257 e. The molecule has 27 heavy (non-hydrogen) atoms. The van der Waals surface area contributed by atoms with Crippen LogP contribution in [0.2, 0.25) is 0 Å². The van der Waals surface area contributed by atoms with Gasteiger partial charge < -0.3 is 10.2 Å². The average Bonchev–Trinajstić information content (AvgIpc) is 3.07. The topological polar surface area (TPSA) is 72.2 Å². The standard InChI is InChI=1S/C20H23N5O2/c1-23(2)11-10-15-4-7-17(8-5-15)22-20(27)16-6-9-19(26)25(13-16)18-12-21-24(3)14-18/h4-9,12-14H,10-11H2,1-3H3,(H,22,27). The molecule has 0 atom stereocenters. The fourth-order valence-corrected chi connectivity index (χ4v) is 2.67. The van der Waals surface area contributed by atoms with Crippen LogP contribution >= 0.6 is 0 Å². The number of carbonyl (C=O) groups is 1. The van der Waals surface area contributed by atoms with Gasteiger partial charge >= 0.3 is 0 Å². The van der Waals surface area contributed by atoms with E-state index in [9.17, 15) is 9.59 Å². The molecule has 7 heteroatoms. The number of carbonyl (C=O) groups excluding carboxylic acids is 1. The SMILES string of the molecule is CN(C)CCc1ccc(NC(=O)c2ccc(=O)n(-c3cnn(C)c3)c2)cc1. The Balaban J connectivity index is 1.74. The average molecular weight is 365 g/mol. The third kappa shape index (κ3) is 4.71. The van der Waals surface area contributed by atoms with Gasteiger partial charge in [-0.25, -0.2) is 0 Å². The van der Waals surface area contributed by atoms with Gasteiger partial charge in [-0.1, -0.05) is 12.1 Å². The summed E-state index contributed by atoms with van der Waals surface area (Å²) in [5, 5.41) is 6.93. The van der Waals surface area contributed by atoms with E-state index in [2.05, 4.69) is 15.3 Å². The lowest BCUT2D eigenvalue weighted by Crippen LogP contribution is -2.20. The summed E-state index contributed by atoms with van der Waals surface area (Å²) in [5.74, 6) is -0.270. The maximum atomic E-state index is 12.6. The number of pyridine rings is 1. The van der Waals surface area contributed by atoms with Crippen LogP contribution in [0.15, 0.2) is 59.8 Å². The van der Waals surface area contributed by atoms with E-state index in [-0.39, 0.29) is 11.5 Å². The zero-order chi connectivity index (χ0) is 19.4. The van der Waals surface area contributed by atoms with Crippen LogP contribution in [0.25, 0.3) is 5.69 Å². The first kappa shape index (κ1) is 18.6. The van der Waals surface area contributed by atoms with Gasteiger partial charge in [0.2, 0.25) is 0 Å². The predicted octanol–water partition coefficient (Wildman–Crippen LogP) is 1.93. The zero-order valence-corrected chi connectivity index (χ0v) is 15.7. The number of amides is 1. The lowest BCUT2D eigenvalue weighted by molar-refractivity contribution is 0.102. The second-order valence-corrected chi connectivity index (χ2v) is 6.70. The van der Waals surface area contributed by atoms with Crippen molar-refractivity contribution in [2.45, 2.75) is 6.42 Å². The highest BCUT2D eigenvalue weighted by Gasteiger charge is 2.10. The van der Waals surface area contributed by atoms with Crippen LogP contribution < -0.4 is 10.9 Å². The number of benzene rings is 1. The predicted molar refractivity (Wildman–Crippen MR) is 105 cm³/mol. The lowest BCUT2D eigenvalue weighted by Gasteiger charge is -2.10. The van der Waals surface area contributed by atoms with Crippen LogP contribution in [0.3, 0.4) is 0 Å². The Bertz CT molecular complexity index is 986. The maximum Gasteiger partial charge on any atom is 0.257 e. The number of aryl methyl sites for hydroxylation is 1. The number of rotatable bonds is 6. The first-order chi connectivity index (χ1) is 12.9. The van der Waals surface area contributed by atoms with Crippen molar-refractivity contribution >= 4 is 11.6 Å². The molecule has 0 saturated heterocycles. The first-order valence-corrected chi connectivity index (χ1v) is 8.69. The fraction of sp³-hybridized carbons (Fsp3) is 0.250. The Kier molecular flexibility index (Phi) is 5.52. The van der Waals surface area contributed by atoms with Gasteiger partial charge in [0.25, 0.3) is 11.5 Å². The molecule has 0 radical (unpaired) electrons. The second-order valence-electron chi connectivity index (χ2n) is 6.70. The molecule has 0 aliphatic heterocycles. The summed E-state index contributed by atoms with van der Waals surface area (Å²) in [6.45, 7) is 0.974. The third-order valence-corrected chi connectivity index (χ3v) is 4.20. The largest absolute Gasteiger partial charge is 0.322 e. The minimum absolute atomic E-state index is 0.218. The van der Waals surface area contributed by atoms with Crippen molar-refractivity contribution in [2.75, 3.05) is 26.0 Å². The Hall–Kier alpha value is -3.19. The fourth-order valence-electron chi connectivity index (χ4n) is 2.67. The molecular weight excluding hydrogens is 342 g/mol. The molecule has 1 N–H and O–H groups in total. The zero-order valence-electron chi connectivity index (χ0n) is 15.7. The molecule has 0 fully saturated rings. The molecule has 3 aromatic rings. The van der Waals surface area contributed by atoms with Gasteiger partial charge in [0.05, 0.1) is 17.4 Å². The normalized spacial score (nSPS) is 11.0. The van der Waals surface area contributed by atoms with Gasteiger partial charge in [-0.15, -0.1) is 0 Å². The van der Waals surface area contributed by atoms with E-state index in [0.717, 1.165) is 13.0 Å². The second kappa shape index (κ2) is 8.01. The number of aromatic nitrogens is 3. The van der Waals surface area contributed by atoms with E-state index in [4.69, 9.17) is 0 Å². The molecule has 2 aromatic heterocycles. The third-order valence-electron chi connectivity index (χ3n) is 4.20. The lowest BCUT2D eigenvalue weighted by atomic mass is 10.1. The minimum atomic E-state index is -0.270. The van der Waals surface area contributed by atoms with E-state index in [1.54, 1.807) is 24.1 Å². The molecule has 7 nitrogen and oxygen atoms in total. The molecule has 1 amide bonds. The van der Waals surface area contributed by atoms with Crippen LogP contribution in [-0.2, 0) is 13.5 Å². The number of nitrogens with zero attached hydrogens (tertiary/aromatic N) is 4. The van der Waals surface area contributed by atoms with Crippen molar-refractivity contribution in [3.8, 4) is 5.69 Å². The summed E-state index contributed by atoms with van der Waals surface area (Å²) in [6.07, 6.45) is 5.78. The van der Waals surface area contributed by atoms with Crippen molar-refractivity contribution in [1.82, 2.24) is 19.2 Å². The van der Waals surface area contributed by atoms with Crippen molar-refractivity contribution in [2.24, 2.45) is 7.05 Å². The van der Waals surface area contributed by atoms with Crippen LogP contribution in [-0.4, -0.2) is 45.8 Å². The Morgan fingerprint density at radius 3 is 2.48 bits per heavy atom. The molecule has 3 rings (SSSR count). The molecule has 140 valence electrons. The van der Waals surface area contributed by atoms with Crippen molar-refractivity contribution in [3.05, 3.63) is 76.5 Å². The Labute approximate surface area is 157 Å². The molecule has 0 aliphatic rings. The van der Waals surface area contributed by atoms with Crippen molar-refractivity contribution in [3.63, 3.8) is 0 Å². The first-order valence-electron chi connectivity index (χ1n) is 8.69. The Morgan fingerprint density at radius 1 is 1.11 bits per heavy atom. The van der Waals surface area contributed by atoms with Gasteiger partial charge in [0.15, 0.2) is 0 Å². The minimum Gasteiger partial charge on any atom is -0.322 e. The van der Waals surface area contributed by atoms with E-state index in [0.29, 0.717) is 16.9 Å². The number of likely N-dealkylation sites (N-methyl/N-ethyl adjacent to an activating group) is 1. The number of hydrogen-bond acceptors (Lipinski definition) is 4. The number of hydrogen-bond donors (Lipinski definition) is 1. The van der Waals surface area contributed by atoms with Crippen molar-refractivity contribution in [1.29, 1.82) is 0 Å². The van der Waals surface area contributed by atoms with Crippen LogP contribution in [0.4, 0.5) is 5.69 Å². The highest BCUT2D eigenvalue weighted by Crippen LogP contribution is 2.12. The summed E-state index contributed by atoms with van der Waals surface area (Å²) in [7, 11) is 5.85. The summed E-state index contributed by atoms with van der Waals surface area (Å²) in [5.41, 5.74) is 2.72. The van der Waals surface area contributed by atoms with Crippen molar-refractivity contribution < 1.29 is 4.79 Å². The molecule has 0 bridgehead atoms. The van der Waals surface area contributed by atoms with Gasteiger partial charge in [-0.2, -0.15) is 5.10 Å². The number of nitrogens with one attached hydrogen (secondary N) is 1. The van der Waals surface area contributed by atoms with E-state index >= 15 is 0 Å². The summed E-state index contributed by atoms with van der Waals surface area (Å²) >= 11 is 0. The summed E-state index contributed by atoms with van der Waals surface area (Å²) in [4.78, 5) is 26.8. The number of anilines is 1. The molecule has 1 aromatic carbocycles. The highest BCUT2D eigenvalue weighted by molar-refractivity contribution is 6.04. The van der Waals surface area contributed by atoms with E-state index in [1.165, 1.54) is 28.5 Å². The Morgan fingerprint density at radius 2 is 1.85 bits per heavy atom. The van der Waals surface area contributed by atoms with Gasteiger partial charge in [-0.05, 0) is 44.3 Å². The summed E-state index contributed by atoms with van der Waals surface area (Å²) < 4.78 is 3.01. The molecule has 2 heterocycles. The molecule has 0 spiro atoms. The quantitative estimate of drug-likeness (QED) is 0.724. The molecule has 0 saturated carbocycles. The maximum absolute atomic E-state index is 12.6. The molecule has 0 aliphatic carbocycles. The van der Waals surface area contributed by atoms with Crippen LogP contribution in [0, 0.1) is 0 Å². The molecular formula is C20H23N5O2. The highest BCUT2D eigenvalue weighted by atomic mass is 16.2. The van der Waals surface area contributed by atoms with Gasteiger partial charge in [0, 0.05) is 37.7 Å². The van der Waals surface area contributed by atoms with Crippen LogP contribution in [0.1, 0.15) is 15.9 Å². The van der Waals surface area contributed by atoms with Crippen LogP contribution in [0.5, 0.6) is 0 Å². The van der Waals surface area contributed by atoms with E-state index < -0.39 is 0 Å². The molecule has 0 unspecified atom stereocenters. The monoisotopic (exact) mass is 365 g/mol.